The Morgan fingerprint density at radius 1 is 0.781 bits per heavy atom. The number of amides is 2. The topological polar surface area (TPSA) is 88.7 Å². The summed E-state index contributed by atoms with van der Waals surface area (Å²) in [5.41, 5.74) is 2.63. The second kappa shape index (κ2) is 12.1. The monoisotopic (exact) mass is 433 g/mol. The molecule has 3 N–H and O–H groups in total. The summed E-state index contributed by atoms with van der Waals surface area (Å²) >= 11 is 0. The van der Waals surface area contributed by atoms with Crippen molar-refractivity contribution in [2.45, 2.75) is 6.92 Å². The normalized spacial score (nSPS) is 10.3. The molecular formula is C25H27N3O4. The van der Waals surface area contributed by atoms with E-state index in [2.05, 4.69) is 16.0 Å². The molecule has 0 aromatic heterocycles. The molecule has 3 aromatic carbocycles. The van der Waals surface area contributed by atoms with Gasteiger partial charge >= 0.3 is 0 Å². The second-order valence-electron chi connectivity index (χ2n) is 6.87. The van der Waals surface area contributed by atoms with E-state index in [1.54, 1.807) is 48.5 Å². The third-order valence-corrected chi connectivity index (χ3v) is 4.45. The fraction of sp³-hybridized carbons (Fsp3) is 0.200. The summed E-state index contributed by atoms with van der Waals surface area (Å²) in [6.45, 7) is 3.71. The first-order chi connectivity index (χ1) is 15.6. The van der Waals surface area contributed by atoms with Crippen LogP contribution in [0.5, 0.6) is 5.75 Å². The highest BCUT2D eigenvalue weighted by atomic mass is 16.5. The van der Waals surface area contributed by atoms with Crippen LogP contribution in [0.15, 0.2) is 78.9 Å². The van der Waals surface area contributed by atoms with Crippen LogP contribution in [-0.2, 0) is 9.53 Å². The first-order valence-electron chi connectivity index (χ1n) is 10.4. The fourth-order valence-corrected chi connectivity index (χ4v) is 2.88. The summed E-state index contributed by atoms with van der Waals surface area (Å²) in [5, 5.41) is 8.75. The second-order valence-corrected chi connectivity index (χ2v) is 6.87. The number of anilines is 3. The molecule has 0 aliphatic heterocycles. The largest absolute Gasteiger partial charge is 0.491 e. The van der Waals surface area contributed by atoms with Gasteiger partial charge in [-0.05, 0) is 61.5 Å². The van der Waals surface area contributed by atoms with Crippen molar-refractivity contribution in [3.05, 3.63) is 84.4 Å². The molecule has 3 rings (SSSR count). The van der Waals surface area contributed by atoms with Crippen LogP contribution in [0.2, 0.25) is 0 Å². The lowest BCUT2D eigenvalue weighted by atomic mass is 10.2. The van der Waals surface area contributed by atoms with E-state index in [0.29, 0.717) is 36.8 Å². The minimum Gasteiger partial charge on any atom is -0.491 e. The Labute approximate surface area is 187 Å². The third kappa shape index (κ3) is 7.45. The van der Waals surface area contributed by atoms with Crippen molar-refractivity contribution in [1.82, 2.24) is 0 Å². The third-order valence-electron chi connectivity index (χ3n) is 4.45. The maximum Gasteiger partial charge on any atom is 0.255 e. The Bertz CT molecular complexity index is 1010. The number of carbonyl (C=O) groups excluding carboxylic acids is 2. The highest BCUT2D eigenvalue weighted by Gasteiger charge is 2.07. The van der Waals surface area contributed by atoms with Gasteiger partial charge in [-0.25, -0.2) is 0 Å². The minimum atomic E-state index is -0.189. The van der Waals surface area contributed by atoms with Crippen molar-refractivity contribution in [1.29, 1.82) is 0 Å². The van der Waals surface area contributed by atoms with Crippen LogP contribution in [0.25, 0.3) is 0 Å². The van der Waals surface area contributed by atoms with Crippen LogP contribution < -0.4 is 20.7 Å². The van der Waals surface area contributed by atoms with Gasteiger partial charge < -0.3 is 25.4 Å². The van der Waals surface area contributed by atoms with Crippen LogP contribution in [0.3, 0.4) is 0 Å². The zero-order chi connectivity index (χ0) is 22.6. The van der Waals surface area contributed by atoms with Crippen molar-refractivity contribution >= 4 is 28.9 Å². The molecule has 0 radical (unpaired) electrons. The molecule has 7 heteroatoms. The molecule has 0 saturated heterocycles. The maximum absolute atomic E-state index is 12.3. The van der Waals surface area contributed by atoms with Gasteiger partial charge in [-0.3, -0.25) is 9.59 Å². The molecule has 3 aromatic rings. The Balaban J connectivity index is 1.45. The Morgan fingerprint density at radius 3 is 2.28 bits per heavy atom. The van der Waals surface area contributed by atoms with Crippen molar-refractivity contribution in [2.24, 2.45) is 0 Å². The molecule has 0 unspecified atom stereocenters. The summed E-state index contributed by atoms with van der Waals surface area (Å²) < 4.78 is 10.8. The van der Waals surface area contributed by atoms with Gasteiger partial charge in [0.15, 0.2) is 0 Å². The van der Waals surface area contributed by atoms with Crippen molar-refractivity contribution < 1.29 is 19.1 Å². The van der Waals surface area contributed by atoms with E-state index in [-0.39, 0.29) is 18.4 Å². The van der Waals surface area contributed by atoms with E-state index < -0.39 is 0 Å². The first kappa shape index (κ1) is 22.8. The van der Waals surface area contributed by atoms with Gasteiger partial charge in [-0.15, -0.1) is 0 Å². The van der Waals surface area contributed by atoms with Gasteiger partial charge in [0.05, 0.1) is 13.2 Å². The quantitative estimate of drug-likeness (QED) is 0.390. The molecule has 0 aliphatic rings. The predicted octanol–water partition coefficient (Wildman–Crippen LogP) is 4.40. The van der Waals surface area contributed by atoms with E-state index in [1.807, 2.05) is 37.3 Å². The molecule has 0 saturated carbocycles. The summed E-state index contributed by atoms with van der Waals surface area (Å²) in [4.78, 5) is 24.6. The lowest BCUT2D eigenvalue weighted by Gasteiger charge is -2.11. The molecule has 166 valence electrons. The van der Waals surface area contributed by atoms with Crippen molar-refractivity contribution in [2.75, 3.05) is 42.3 Å². The predicted molar refractivity (Wildman–Crippen MR) is 126 cm³/mol. The summed E-state index contributed by atoms with van der Waals surface area (Å²) in [7, 11) is 0. The Morgan fingerprint density at radius 2 is 1.53 bits per heavy atom. The number of hydrogen-bond acceptors (Lipinski definition) is 5. The number of hydrogen-bond donors (Lipinski definition) is 3. The van der Waals surface area contributed by atoms with Crippen LogP contribution in [-0.4, -0.2) is 38.2 Å². The van der Waals surface area contributed by atoms with E-state index in [0.717, 1.165) is 11.4 Å². The molecule has 0 spiro atoms. The molecule has 0 bridgehead atoms. The van der Waals surface area contributed by atoms with Crippen molar-refractivity contribution in [3.63, 3.8) is 0 Å². The molecule has 0 heterocycles. The molecule has 32 heavy (non-hydrogen) atoms. The van der Waals surface area contributed by atoms with Gasteiger partial charge in [0, 0.05) is 29.2 Å². The van der Waals surface area contributed by atoms with Crippen molar-refractivity contribution in [3.8, 4) is 5.75 Å². The summed E-state index contributed by atoms with van der Waals surface area (Å²) in [5.74, 6) is 0.342. The standard InChI is InChI=1S/C25H27N3O4/c1-2-31-15-16-32-23-13-11-20(12-14-23)27-24(29)18-26-21-9-6-10-22(17-21)28-25(30)19-7-4-3-5-8-19/h3-14,17,26H,2,15-16,18H2,1H3,(H,27,29)(H,28,30). The molecule has 0 fully saturated rings. The lowest BCUT2D eigenvalue weighted by molar-refractivity contribution is -0.114. The lowest BCUT2D eigenvalue weighted by Crippen LogP contribution is -2.21. The highest BCUT2D eigenvalue weighted by molar-refractivity contribution is 6.04. The number of carbonyl (C=O) groups is 2. The number of benzene rings is 3. The first-order valence-corrected chi connectivity index (χ1v) is 10.4. The SMILES string of the molecule is CCOCCOc1ccc(NC(=O)CNc2cccc(NC(=O)c3ccccc3)c2)cc1. The Kier molecular flexibility index (Phi) is 8.65. The Hall–Kier alpha value is -3.84. The van der Waals surface area contributed by atoms with Gasteiger partial charge in [0.2, 0.25) is 5.91 Å². The number of rotatable bonds is 11. The molecule has 2 amide bonds. The average molecular weight is 434 g/mol. The summed E-state index contributed by atoms with van der Waals surface area (Å²) in [6, 6.07) is 23.4. The zero-order valence-electron chi connectivity index (χ0n) is 18.0. The zero-order valence-corrected chi connectivity index (χ0v) is 18.0. The maximum atomic E-state index is 12.3. The number of ether oxygens (including phenoxy) is 2. The van der Waals surface area contributed by atoms with E-state index in [9.17, 15) is 9.59 Å². The minimum absolute atomic E-state index is 0.0860. The smallest absolute Gasteiger partial charge is 0.255 e. The van der Waals surface area contributed by atoms with Crippen LogP contribution in [0, 0.1) is 0 Å². The van der Waals surface area contributed by atoms with Crippen LogP contribution in [0.1, 0.15) is 17.3 Å². The molecule has 7 nitrogen and oxygen atoms in total. The molecule has 0 aliphatic carbocycles. The summed E-state index contributed by atoms with van der Waals surface area (Å²) in [6.07, 6.45) is 0. The van der Waals surface area contributed by atoms with Gasteiger partial charge in [-0.1, -0.05) is 24.3 Å². The molecule has 0 atom stereocenters. The van der Waals surface area contributed by atoms with E-state index in [1.165, 1.54) is 0 Å². The van der Waals surface area contributed by atoms with Crippen LogP contribution in [0.4, 0.5) is 17.1 Å². The number of nitrogens with one attached hydrogen (secondary N) is 3. The fourth-order valence-electron chi connectivity index (χ4n) is 2.88. The van der Waals surface area contributed by atoms with Gasteiger partial charge in [0.25, 0.3) is 5.91 Å². The molecular weight excluding hydrogens is 406 g/mol. The van der Waals surface area contributed by atoms with Gasteiger partial charge in [-0.2, -0.15) is 0 Å². The van der Waals surface area contributed by atoms with E-state index in [4.69, 9.17) is 9.47 Å². The van der Waals surface area contributed by atoms with E-state index >= 15 is 0 Å². The van der Waals surface area contributed by atoms with Gasteiger partial charge in [0.1, 0.15) is 12.4 Å². The van der Waals surface area contributed by atoms with Crippen LogP contribution >= 0.6 is 0 Å². The highest BCUT2D eigenvalue weighted by Crippen LogP contribution is 2.17. The average Bonchev–Trinajstić information content (AvgIpc) is 2.82.